The Morgan fingerprint density at radius 1 is 1.31 bits per heavy atom. The zero-order valence-electron chi connectivity index (χ0n) is 17.0. The molecule has 0 heterocycles. The van der Waals surface area contributed by atoms with Crippen LogP contribution >= 0.6 is 0 Å². The summed E-state index contributed by atoms with van der Waals surface area (Å²) in [7, 11) is 0. The first-order valence-corrected chi connectivity index (χ1v) is 9.74. The van der Waals surface area contributed by atoms with Crippen molar-refractivity contribution in [3.8, 4) is 0 Å². The molecule has 0 aromatic carbocycles. The number of carbonyl (C=O) groups is 1. The molecule has 0 radical (unpaired) electrons. The highest BCUT2D eigenvalue weighted by atomic mass is 16.5. The van der Waals surface area contributed by atoms with E-state index in [2.05, 4.69) is 33.9 Å². The first kappa shape index (κ1) is 21.2. The molecule has 0 aromatic heterocycles. The van der Waals surface area contributed by atoms with Gasteiger partial charge in [-0.3, -0.25) is 4.79 Å². The van der Waals surface area contributed by atoms with Gasteiger partial charge in [0.2, 0.25) is 0 Å². The number of ether oxygens (including phenoxy) is 1. The number of hydrogen-bond acceptors (Lipinski definition) is 4. The largest absolute Gasteiger partial charge is 0.462 e. The standard InChI is InChI=1S/C22H36O4/c1-8-14(2)9-10-17-21(6)12-11-18(24)20(4,5)19(21)16(26-15(3)23)13-22(17,7)25/h8,16-19,24-25H,1-2,9-13H2,3-7H3. The minimum Gasteiger partial charge on any atom is -0.462 e. The summed E-state index contributed by atoms with van der Waals surface area (Å²) in [6.07, 6.45) is 4.43. The van der Waals surface area contributed by atoms with Crippen molar-refractivity contribution < 1.29 is 19.7 Å². The van der Waals surface area contributed by atoms with E-state index in [-0.39, 0.29) is 23.2 Å². The average molecular weight is 365 g/mol. The summed E-state index contributed by atoms with van der Waals surface area (Å²) < 4.78 is 5.70. The van der Waals surface area contributed by atoms with Crippen molar-refractivity contribution in [1.82, 2.24) is 0 Å². The van der Waals surface area contributed by atoms with Crippen molar-refractivity contribution in [1.29, 1.82) is 0 Å². The van der Waals surface area contributed by atoms with E-state index in [9.17, 15) is 15.0 Å². The number of fused-ring (bicyclic) bond motifs is 1. The van der Waals surface area contributed by atoms with Crippen LogP contribution in [0.4, 0.5) is 0 Å². The molecule has 4 heteroatoms. The lowest BCUT2D eigenvalue weighted by Gasteiger charge is -2.64. The molecule has 2 fully saturated rings. The molecule has 0 spiro atoms. The van der Waals surface area contributed by atoms with Crippen LogP contribution in [0.15, 0.2) is 24.8 Å². The maximum Gasteiger partial charge on any atom is 0.302 e. The highest BCUT2D eigenvalue weighted by molar-refractivity contribution is 5.66. The van der Waals surface area contributed by atoms with Crippen molar-refractivity contribution in [2.24, 2.45) is 22.7 Å². The van der Waals surface area contributed by atoms with E-state index in [1.165, 1.54) is 6.92 Å². The summed E-state index contributed by atoms with van der Waals surface area (Å²) >= 11 is 0. The van der Waals surface area contributed by atoms with Crippen LogP contribution in [0.25, 0.3) is 0 Å². The molecule has 0 saturated heterocycles. The number of esters is 1. The van der Waals surface area contributed by atoms with Crippen LogP contribution in [0.1, 0.15) is 66.7 Å². The summed E-state index contributed by atoms with van der Waals surface area (Å²) in [5.41, 5.74) is -0.590. The van der Waals surface area contributed by atoms with Gasteiger partial charge in [-0.1, -0.05) is 45.6 Å². The Morgan fingerprint density at radius 2 is 1.92 bits per heavy atom. The van der Waals surface area contributed by atoms with Crippen LogP contribution in [0.3, 0.4) is 0 Å². The van der Waals surface area contributed by atoms with Crippen molar-refractivity contribution >= 4 is 5.97 Å². The molecule has 2 saturated carbocycles. The second kappa shape index (κ2) is 7.12. The number of allylic oxidation sites excluding steroid dienone is 2. The molecular weight excluding hydrogens is 328 g/mol. The van der Waals surface area contributed by atoms with Crippen LogP contribution in [-0.2, 0) is 9.53 Å². The van der Waals surface area contributed by atoms with E-state index in [4.69, 9.17) is 4.74 Å². The maximum atomic E-state index is 11.7. The highest BCUT2D eigenvalue weighted by Crippen LogP contribution is 2.63. The van der Waals surface area contributed by atoms with Gasteiger partial charge >= 0.3 is 5.97 Å². The fourth-order valence-corrected chi connectivity index (χ4v) is 6.10. The van der Waals surface area contributed by atoms with Gasteiger partial charge in [-0.15, -0.1) is 0 Å². The minimum atomic E-state index is -0.939. The zero-order chi connectivity index (χ0) is 19.9. The van der Waals surface area contributed by atoms with Gasteiger partial charge < -0.3 is 14.9 Å². The lowest BCUT2D eigenvalue weighted by atomic mass is 9.43. The first-order chi connectivity index (χ1) is 11.9. The monoisotopic (exact) mass is 364 g/mol. The van der Waals surface area contributed by atoms with Crippen LogP contribution in [0, 0.1) is 22.7 Å². The SMILES string of the molecule is C=CC(=C)CCC1C(C)(O)CC(OC(C)=O)C2C(C)(C)C(O)CCC12C. The predicted molar refractivity (Wildman–Crippen MR) is 103 cm³/mol. The molecule has 6 unspecified atom stereocenters. The zero-order valence-corrected chi connectivity index (χ0v) is 17.0. The molecule has 0 aliphatic heterocycles. The van der Waals surface area contributed by atoms with Gasteiger partial charge in [0.1, 0.15) is 6.10 Å². The Morgan fingerprint density at radius 3 is 2.46 bits per heavy atom. The molecule has 148 valence electrons. The fourth-order valence-electron chi connectivity index (χ4n) is 6.10. The van der Waals surface area contributed by atoms with Gasteiger partial charge in [0.05, 0.1) is 11.7 Å². The first-order valence-electron chi connectivity index (χ1n) is 9.74. The van der Waals surface area contributed by atoms with E-state index < -0.39 is 23.2 Å². The molecule has 0 amide bonds. The number of carbonyl (C=O) groups excluding carboxylic acids is 1. The van der Waals surface area contributed by atoms with Crippen LogP contribution in [0.2, 0.25) is 0 Å². The predicted octanol–water partition coefficient (Wildman–Crippen LogP) is 4.01. The second-order valence-corrected chi connectivity index (χ2v) is 9.52. The van der Waals surface area contributed by atoms with Gasteiger partial charge in [0.25, 0.3) is 0 Å². The van der Waals surface area contributed by atoms with Crippen molar-refractivity contribution in [2.45, 2.75) is 84.5 Å². The number of rotatable bonds is 5. The molecule has 6 atom stereocenters. The van der Waals surface area contributed by atoms with Crippen molar-refractivity contribution in [2.75, 3.05) is 0 Å². The Kier molecular flexibility index (Phi) is 5.80. The Hall–Kier alpha value is -1.13. The average Bonchev–Trinajstić information content (AvgIpc) is 2.48. The lowest BCUT2D eigenvalue weighted by Crippen LogP contribution is -2.66. The normalized spacial score (nSPS) is 41.8. The van der Waals surface area contributed by atoms with E-state index >= 15 is 0 Å². The van der Waals surface area contributed by atoms with Crippen molar-refractivity contribution in [3.63, 3.8) is 0 Å². The molecular formula is C22H36O4. The topological polar surface area (TPSA) is 66.8 Å². The summed E-state index contributed by atoms with van der Waals surface area (Å²) in [4.78, 5) is 11.7. The Balaban J connectivity index is 2.47. The van der Waals surface area contributed by atoms with E-state index in [1.807, 2.05) is 6.92 Å². The van der Waals surface area contributed by atoms with Crippen LogP contribution in [0.5, 0.6) is 0 Å². The Labute approximate surface area is 158 Å². The van der Waals surface area contributed by atoms with Gasteiger partial charge in [-0.05, 0) is 49.4 Å². The maximum absolute atomic E-state index is 11.7. The molecule has 2 N–H and O–H groups in total. The van der Waals surface area contributed by atoms with Gasteiger partial charge in [0.15, 0.2) is 0 Å². The molecule has 0 aromatic rings. The van der Waals surface area contributed by atoms with Gasteiger partial charge in [-0.25, -0.2) is 0 Å². The number of hydrogen-bond donors (Lipinski definition) is 2. The smallest absolute Gasteiger partial charge is 0.302 e. The molecule has 0 bridgehead atoms. The van der Waals surface area contributed by atoms with Gasteiger partial charge in [0, 0.05) is 19.3 Å². The second-order valence-electron chi connectivity index (χ2n) is 9.52. The molecule has 2 aliphatic carbocycles. The van der Waals surface area contributed by atoms with Crippen LogP contribution < -0.4 is 0 Å². The summed E-state index contributed by atoms with van der Waals surface area (Å²) in [5.74, 6) is -0.303. The van der Waals surface area contributed by atoms with E-state index in [0.29, 0.717) is 12.8 Å². The van der Waals surface area contributed by atoms with E-state index in [0.717, 1.165) is 24.8 Å². The summed E-state index contributed by atoms with van der Waals surface area (Å²) in [6, 6.07) is 0. The Bertz CT molecular complexity index is 577. The third-order valence-corrected chi connectivity index (χ3v) is 7.22. The van der Waals surface area contributed by atoms with E-state index in [1.54, 1.807) is 6.08 Å². The van der Waals surface area contributed by atoms with Gasteiger partial charge in [-0.2, -0.15) is 0 Å². The number of aliphatic hydroxyl groups is 2. The summed E-state index contributed by atoms with van der Waals surface area (Å²) in [6.45, 7) is 17.4. The molecule has 2 aliphatic rings. The molecule has 26 heavy (non-hydrogen) atoms. The fraction of sp³-hybridized carbons (Fsp3) is 0.773. The minimum absolute atomic E-state index is 0.00938. The van der Waals surface area contributed by atoms with Crippen molar-refractivity contribution in [3.05, 3.63) is 24.8 Å². The molecule has 4 nitrogen and oxygen atoms in total. The molecule has 2 rings (SSSR count). The lowest BCUT2D eigenvalue weighted by molar-refractivity contribution is -0.242. The van der Waals surface area contributed by atoms with Crippen LogP contribution in [-0.4, -0.2) is 34.0 Å². The third-order valence-electron chi connectivity index (χ3n) is 7.22. The highest BCUT2D eigenvalue weighted by Gasteiger charge is 2.64. The third kappa shape index (κ3) is 3.63. The quantitative estimate of drug-likeness (QED) is 0.571. The number of aliphatic hydroxyl groups excluding tert-OH is 1. The summed E-state index contributed by atoms with van der Waals surface area (Å²) in [5, 5.41) is 22.0.